The van der Waals surface area contributed by atoms with Crippen LogP contribution in [0.5, 0.6) is 0 Å². The van der Waals surface area contributed by atoms with E-state index in [9.17, 15) is 14.6 Å². The molecule has 147 valence electrons. The smallest absolute Gasteiger partial charge is 0.226 e. The lowest BCUT2D eigenvalue weighted by Crippen LogP contribution is -2.30. The lowest BCUT2D eigenvalue weighted by Gasteiger charge is -2.15. The van der Waals surface area contributed by atoms with Crippen LogP contribution >= 0.6 is 23.2 Å². The van der Waals surface area contributed by atoms with Gasteiger partial charge in [-0.1, -0.05) is 23.7 Å². The van der Waals surface area contributed by atoms with Crippen molar-refractivity contribution in [3.63, 3.8) is 0 Å². The second-order valence-electron chi connectivity index (χ2n) is 6.31. The van der Waals surface area contributed by atoms with Gasteiger partial charge in [0.1, 0.15) is 18.8 Å². The Morgan fingerprint density at radius 2 is 2.00 bits per heavy atom. The van der Waals surface area contributed by atoms with E-state index in [0.29, 0.717) is 22.9 Å². The van der Waals surface area contributed by atoms with Gasteiger partial charge in [0, 0.05) is 11.6 Å². The van der Waals surface area contributed by atoms with Crippen LogP contribution in [0.2, 0.25) is 10.3 Å². The molecule has 8 nitrogen and oxygen atoms in total. The van der Waals surface area contributed by atoms with Gasteiger partial charge in [-0.15, -0.1) is 0 Å². The molecule has 4 atom stereocenters. The molecule has 3 aromatic rings. The number of halogens is 3. The van der Waals surface area contributed by atoms with Crippen LogP contribution in [0.25, 0.3) is 11.2 Å². The normalized spacial score (nSPS) is 24.8. The Kier molecular flexibility index (Phi) is 5.35. The zero-order valence-corrected chi connectivity index (χ0v) is 15.8. The number of rotatable bonds is 5. The van der Waals surface area contributed by atoms with Crippen molar-refractivity contribution in [3.05, 3.63) is 46.5 Å². The largest absolute Gasteiger partial charge is 0.387 e. The first-order valence-electron chi connectivity index (χ1n) is 8.42. The quantitative estimate of drug-likeness (QED) is 0.607. The Hall–Kier alpha value is -2.04. The van der Waals surface area contributed by atoms with Gasteiger partial charge in [0.25, 0.3) is 0 Å². The fourth-order valence-corrected chi connectivity index (χ4v) is 3.34. The van der Waals surface area contributed by atoms with Crippen LogP contribution in [-0.2, 0) is 16.4 Å². The van der Waals surface area contributed by atoms with Gasteiger partial charge in [0.2, 0.25) is 5.28 Å². The van der Waals surface area contributed by atoms with Crippen LogP contribution in [0.3, 0.4) is 0 Å². The summed E-state index contributed by atoms with van der Waals surface area (Å²) in [6.07, 6.45) is -4.36. The SMILES string of the molecule is [O]C[C@H]1O[C@@H](n2cnc3c(NCc4ccc(Cl)cc4)nc(Cl)nc32)[C@@H](F)[C@@H]1O. The van der Waals surface area contributed by atoms with E-state index in [-0.39, 0.29) is 10.9 Å². The summed E-state index contributed by atoms with van der Waals surface area (Å²) >= 11 is 11.9. The number of alkyl halides is 1. The Morgan fingerprint density at radius 3 is 2.68 bits per heavy atom. The summed E-state index contributed by atoms with van der Waals surface area (Å²) in [6.45, 7) is -0.330. The number of fused-ring (bicyclic) bond motifs is 1. The number of nitrogens with one attached hydrogen (secondary N) is 1. The second-order valence-corrected chi connectivity index (χ2v) is 7.09. The Labute approximate surface area is 168 Å². The topological polar surface area (TPSA) is 105 Å². The maximum absolute atomic E-state index is 14.4. The van der Waals surface area contributed by atoms with E-state index in [0.717, 1.165) is 5.56 Å². The molecule has 11 heteroatoms. The molecule has 0 spiro atoms. The van der Waals surface area contributed by atoms with Crippen molar-refractivity contribution >= 4 is 40.2 Å². The van der Waals surface area contributed by atoms with Crippen LogP contribution in [0, 0.1) is 0 Å². The van der Waals surface area contributed by atoms with Crippen molar-refractivity contribution in [3.8, 4) is 0 Å². The highest BCUT2D eigenvalue weighted by atomic mass is 35.5. The summed E-state index contributed by atoms with van der Waals surface area (Å²) in [6, 6.07) is 7.26. The molecule has 1 aliphatic heterocycles. The van der Waals surface area contributed by atoms with E-state index in [2.05, 4.69) is 20.3 Å². The van der Waals surface area contributed by atoms with Gasteiger partial charge in [0.05, 0.1) is 6.33 Å². The molecule has 0 aliphatic carbocycles. The number of nitrogens with zero attached hydrogens (tertiary/aromatic N) is 4. The molecule has 0 bridgehead atoms. The molecule has 1 aromatic carbocycles. The van der Waals surface area contributed by atoms with Gasteiger partial charge < -0.3 is 15.2 Å². The molecule has 1 aliphatic rings. The van der Waals surface area contributed by atoms with E-state index in [4.69, 9.17) is 27.9 Å². The minimum absolute atomic E-state index is 0.0674. The maximum Gasteiger partial charge on any atom is 0.226 e. The molecule has 0 saturated carbocycles. The van der Waals surface area contributed by atoms with Crippen molar-refractivity contribution < 1.29 is 19.3 Å². The Bertz CT molecular complexity index is 987. The third kappa shape index (κ3) is 3.51. The molecule has 3 heterocycles. The number of anilines is 1. The standard InChI is InChI=1S/C17H15Cl2FN5O3/c18-9-3-1-8(2-4-9)5-21-14-12-15(24-17(19)23-14)25(7-22-12)16-11(20)13(27)10(6-26)28-16/h1-4,7,10-11,13,16,27H,5-6H2,(H,21,23,24)/t10-,11+,13-,16-/m1/s1. The summed E-state index contributed by atoms with van der Waals surface area (Å²) in [7, 11) is 0. The number of hydrogen-bond donors (Lipinski definition) is 2. The summed E-state index contributed by atoms with van der Waals surface area (Å²) in [5.74, 6) is 0.359. The van der Waals surface area contributed by atoms with Gasteiger partial charge >= 0.3 is 0 Å². The van der Waals surface area contributed by atoms with Crippen molar-refractivity contribution in [1.29, 1.82) is 0 Å². The first-order chi connectivity index (χ1) is 13.5. The summed E-state index contributed by atoms with van der Waals surface area (Å²) in [5, 5.41) is 24.6. The van der Waals surface area contributed by atoms with E-state index in [1.54, 1.807) is 12.1 Å². The number of aliphatic hydroxyl groups is 1. The first-order valence-corrected chi connectivity index (χ1v) is 9.17. The molecule has 2 aromatic heterocycles. The highest BCUT2D eigenvalue weighted by Gasteiger charge is 2.45. The number of ether oxygens (including phenoxy) is 1. The van der Waals surface area contributed by atoms with Crippen LogP contribution in [0.15, 0.2) is 30.6 Å². The summed E-state index contributed by atoms with van der Waals surface area (Å²) in [4.78, 5) is 12.5. The van der Waals surface area contributed by atoms with Gasteiger partial charge in [0.15, 0.2) is 29.4 Å². The zero-order valence-electron chi connectivity index (χ0n) is 14.3. The van der Waals surface area contributed by atoms with E-state index in [1.807, 2.05) is 12.1 Å². The van der Waals surface area contributed by atoms with Crippen LogP contribution in [0.1, 0.15) is 11.8 Å². The average molecular weight is 427 g/mol. The molecule has 1 radical (unpaired) electrons. The van der Waals surface area contributed by atoms with Gasteiger partial charge in [-0.3, -0.25) is 4.57 Å². The van der Waals surface area contributed by atoms with Crippen molar-refractivity contribution in [1.82, 2.24) is 19.5 Å². The summed E-state index contributed by atoms with van der Waals surface area (Å²) in [5.41, 5.74) is 1.54. The first kappa shape index (κ1) is 19.3. The van der Waals surface area contributed by atoms with Gasteiger partial charge in [-0.25, -0.2) is 14.5 Å². The molecule has 0 amide bonds. The number of hydrogen-bond acceptors (Lipinski definition) is 6. The lowest BCUT2D eigenvalue weighted by molar-refractivity contribution is -0.0593. The summed E-state index contributed by atoms with van der Waals surface area (Å²) < 4.78 is 21.1. The number of aliphatic hydroxyl groups excluding tert-OH is 1. The molecule has 1 saturated heterocycles. The molecular formula is C17H15Cl2FN5O3. The number of imidazole rings is 1. The minimum atomic E-state index is -1.80. The third-order valence-electron chi connectivity index (χ3n) is 4.50. The zero-order chi connectivity index (χ0) is 19.8. The lowest BCUT2D eigenvalue weighted by atomic mass is 10.1. The van der Waals surface area contributed by atoms with Crippen LogP contribution in [0.4, 0.5) is 10.2 Å². The maximum atomic E-state index is 14.4. The fourth-order valence-electron chi connectivity index (χ4n) is 3.05. The monoisotopic (exact) mass is 426 g/mol. The van der Waals surface area contributed by atoms with Gasteiger partial charge in [-0.05, 0) is 29.3 Å². The highest BCUT2D eigenvalue weighted by molar-refractivity contribution is 6.30. The molecule has 4 rings (SSSR count). The molecular weight excluding hydrogens is 412 g/mol. The van der Waals surface area contributed by atoms with Crippen LogP contribution in [-0.4, -0.2) is 49.6 Å². The molecule has 1 fully saturated rings. The number of aromatic nitrogens is 4. The number of benzene rings is 1. The predicted octanol–water partition coefficient (Wildman–Crippen LogP) is 2.77. The minimum Gasteiger partial charge on any atom is -0.387 e. The van der Waals surface area contributed by atoms with Crippen molar-refractivity contribution in [2.45, 2.75) is 31.2 Å². The van der Waals surface area contributed by atoms with Gasteiger partial charge in [-0.2, -0.15) is 9.97 Å². The van der Waals surface area contributed by atoms with Crippen molar-refractivity contribution in [2.24, 2.45) is 0 Å². The Balaban J connectivity index is 1.64. The molecule has 2 N–H and O–H groups in total. The van der Waals surface area contributed by atoms with Crippen LogP contribution < -0.4 is 5.32 Å². The van der Waals surface area contributed by atoms with E-state index >= 15 is 0 Å². The molecule has 28 heavy (non-hydrogen) atoms. The fraction of sp³-hybridized carbons (Fsp3) is 0.353. The van der Waals surface area contributed by atoms with E-state index in [1.165, 1.54) is 10.9 Å². The van der Waals surface area contributed by atoms with Crippen molar-refractivity contribution in [2.75, 3.05) is 11.9 Å². The second kappa shape index (κ2) is 7.76. The molecule has 0 unspecified atom stereocenters. The predicted molar refractivity (Wildman–Crippen MR) is 99.5 cm³/mol. The Morgan fingerprint density at radius 1 is 1.25 bits per heavy atom. The van der Waals surface area contributed by atoms with E-state index < -0.39 is 31.2 Å². The average Bonchev–Trinajstić information content (AvgIpc) is 3.22. The highest BCUT2D eigenvalue weighted by Crippen LogP contribution is 2.34. The third-order valence-corrected chi connectivity index (χ3v) is 4.92.